The van der Waals surface area contributed by atoms with Gasteiger partial charge in [-0.1, -0.05) is 12.5 Å². The van der Waals surface area contributed by atoms with Crippen molar-refractivity contribution in [2.24, 2.45) is 0 Å². The van der Waals surface area contributed by atoms with Crippen LogP contribution in [0.5, 0.6) is 11.5 Å². The first-order chi connectivity index (χ1) is 12.8. The summed E-state index contributed by atoms with van der Waals surface area (Å²) in [6.45, 7) is 7.43. The summed E-state index contributed by atoms with van der Waals surface area (Å²) in [6, 6.07) is 13.2. The average molecular weight is 347 g/mol. The molecule has 4 rings (SSSR count). The molecular weight excluding hydrogens is 326 g/mol. The molecule has 5 heteroatoms. The van der Waals surface area contributed by atoms with Crippen LogP contribution in [-0.4, -0.2) is 16.1 Å². The lowest BCUT2D eigenvalue weighted by molar-refractivity contribution is 0.155. The molecule has 3 aromatic rings. The number of H-pyrrole nitrogens is 1. The van der Waals surface area contributed by atoms with Crippen molar-refractivity contribution in [2.45, 2.75) is 44.8 Å². The van der Waals surface area contributed by atoms with Gasteiger partial charge < -0.3 is 14.5 Å². The first-order valence-electron chi connectivity index (χ1n) is 9.06. The highest BCUT2D eigenvalue weighted by molar-refractivity contribution is 5.79. The number of hydrogen-bond acceptors (Lipinski definition) is 3. The molecule has 0 unspecified atom stereocenters. The summed E-state index contributed by atoms with van der Waals surface area (Å²) in [7, 11) is 0. The topological polar surface area (TPSA) is 51.5 Å². The van der Waals surface area contributed by atoms with Crippen LogP contribution in [0.2, 0.25) is 0 Å². The van der Waals surface area contributed by atoms with E-state index in [0.717, 1.165) is 41.2 Å². The largest absolute Gasteiger partial charge is 0.490 e. The maximum Gasteiger partial charge on any atom is 0.189 e. The maximum atomic E-state index is 7.07. The second kappa shape index (κ2) is 7.49. The molecule has 0 radical (unpaired) electrons. The summed E-state index contributed by atoms with van der Waals surface area (Å²) in [5, 5.41) is 0. The molecule has 1 aliphatic carbocycles. The number of ether oxygens (including phenoxy) is 2. The lowest BCUT2D eigenvalue weighted by Gasteiger charge is -2.23. The van der Waals surface area contributed by atoms with Gasteiger partial charge in [-0.05, 0) is 62.1 Å². The van der Waals surface area contributed by atoms with Crippen LogP contribution in [0.25, 0.3) is 15.9 Å². The van der Waals surface area contributed by atoms with E-state index in [4.69, 9.17) is 16.0 Å². The van der Waals surface area contributed by atoms with E-state index in [-0.39, 0.29) is 0 Å². The van der Waals surface area contributed by atoms with Gasteiger partial charge in [0.15, 0.2) is 5.69 Å². The first kappa shape index (κ1) is 16.5. The molecule has 1 fully saturated rings. The molecule has 2 aromatic carbocycles. The van der Waals surface area contributed by atoms with Crippen LogP contribution in [-0.2, 0) is 6.61 Å². The fourth-order valence-electron chi connectivity index (χ4n) is 3.33. The molecule has 0 saturated heterocycles. The van der Waals surface area contributed by atoms with Crippen molar-refractivity contribution in [1.29, 1.82) is 0 Å². The van der Waals surface area contributed by atoms with Gasteiger partial charge in [0.25, 0.3) is 0 Å². The number of fused-ring (bicyclic) bond motifs is 1. The van der Waals surface area contributed by atoms with Crippen LogP contribution >= 0.6 is 0 Å². The molecule has 0 amide bonds. The van der Waals surface area contributed by atoms with Gasteiger partial charge in [0.1, 0.15) is 23.9 Å². The SMILES string of the molecule is [C-]#[N+]c1ccc2nc(COc3ccc(OC4CCCCC4)cc3)[nH]c2c1. The fourth-order valence-corrected chi connectivity index (χ4v) is 3.33. The summed E-state index contributed by atoms with van der Waals surface area (Å²) in [5.41, 5.74) is 2.29. The van der Waals surface area contributed by atoms with E-state index >= 15 is 0 Å². The van der Waals surface area contributed by atoms with E-state index < -0.39 is 0 Å². The monoisotopic (exact) mass is 347 g/mol. The average Bonchev–Trinajstić information content (AvgIpc) is 3.10. The summed E-state index contributed by atoms with van der Waals surface area (Å²) in [5.74, 6) is 2.42. The number of aromatic amines is 1. The Morgan fingerprint density at radius 2 is 1.81 bits per heavy atom. The van der Waals surface area contributed by atoms with Crippen molar-refractivity contribution in [3.63, 3.8) is 0 Å². The van der Waals surface area contributed by atoms with Crippen molar-refractivity contribution < 1.29 is 9.47 Å². The number of rotatable bonds is 5. The molecular formula is C21H21N3O2. The molecule has 0 spiro atoms. The van der Waals surface area contributed by atoms with Gasteiger partial charge in [-0.15, -0.1) is 0 Å². The lowest BCUT2D eigenvalue weighted by Crippen LogP contribution is -2.19. The fraction of sp³-hybridized carbons (Fsp3) is 0.333. The third-order valence-corrected chi connectivity index (χ3v) is 4.70. The molecule has 0 atom stereocenters. The Kier molecular flexibility index (Phi) is 4.74. The highest BCUT2D eigenvalue weighted by Gasteiger charge is 2.14. The highest BCUT2D eigenvalue weighted by Crippen LogP contribution is 2.25. The summed E-state index contributed by atoms with van der Waals surface area (Å²) < 4.78 is 11.8. The molecule has 5 nitrogen and oxygen atoms in total. The maximum absolute atomic E-state index is 7.07. The third kappa shape index (κ3) is 3.80. The Morgan fingerprint density at radius 3 is 2.58 bits per heavy atom. The number of nitrogens with zero attached hydrogens (tertiary/aromatic N) is 2. The Morgan fingerprint density at radius 1 is 1.04 bits per heavy atom. The van der Waals surface area contributed by atoms with Crippen LogP contribution in [0.4, 0.5) is 5.69 Å². The second-order valence-electron chi connectivity index (χ2n) is 6.63. The van der Waals surface area contributed by atoms with Crippen molar-refractivity contribution in [3.05, 3.63) is 59.7 Å². The van der Waals surface area contributed by atoms with Gasteiger partial charge >= 0.3 is 0 Å². The Hall–Kier alpha value is -3.00. The Balaban J connectivity index is 1.36. The molecule has 1 aliphatic rings. The number of benzene rings is 2. The van der Waals surface area contributed by atoms with E-state index in [1.54, 1.807) is 12.1 Å². The van der Waals surface area contributed by atoms with E-state index in [0.29, 0.717) is 18.4 Å². The van der Waals surface area contributed by atoms with Crippen molar-refractivity contribution >= 4 is 16.7 Å². The normalized spacial score (nSPS) is 14.9. The second-order valence-corrected chi connectivity index (χ2v) is 6.63. The van der Waals surface area contributed by atoms with Crippen LogP contribution in [0.3, 0.4) is 0 Å². The smallest absolute Gasteiger partial charge is 0.189 e. The molecule has 26 heavy (non-hydrogen) atoms. The molecule has 132 valence electrons. The summed E-state index contributed by atoms with van der Waals surface area (Å²) in [4.78, 5) is 11.1. The molecule has 0 bridgehead atoms. The van der Waals surface area contributed by atoms with Crippen LogP contribution in [0.15, 0.2) is 42.5 Å². The van der Waals surface area contributed by atoms with Crippen molar-refractivity contribution in [3.8, 4) is 11.5 Å². The zero-order valence-electron chi connectivity index (χ0n) is 14.6. The van der Waals surface area contributed by atoms with Crippen molar-refractivity contribution in [1.82, 2.24) is 9.97 Å². The van der Waals surface area contributed by atoms with Gasteiger partial charge in [-0.2, -0.15) is 0 Å². The van der Waals surface area contributed by atoms with E-state index in [1.165, 1.54) is 19.3 Å². The standard InChI is InChI=1S/C21H21N3O2/c1-22-15-7-12-19-20(13-15)24-21(23-19)14-25-16-8-10-18(11-9-16)26-17-5-3-2-4-6-17/h7-13,17H,2-6,14H2,(H,23,24). The number of hydrogen-bond donors (Lipinski definition) is 1. The van der Waals surface area contributed by atoms with E-state index in [9.17, 15) is 0 Å². The molecule has 1 saturated carbocycles. The van der Waals surface area contributed by atoms with Gasteiger partial charge in [-0.3, -0.25) is 0 Å². The minimum Gasteiger partial charge on any atom is -0.490 e. The van der Waals surface area contributed by atoms with Gasteiger partial charge in [0, 0.05) is 0 Å². The summed E-state index contributed by atoms with van der Waals surface area (Å²) in [6.07, 6.45) is 6.51. The molecule has 1 N–H and O–H groups in total. The number of nitrogens with one attached hydrogen (secondary N) is 1. The minimum absolute atomic E-state index is 0.352. The van der Waals surface area contributed by atoms with Crippen LogP contribution < -0.4 is 9.47 Å². The van der Waals surface area contributed by atoms with Gasteiger partial charge in [-0.25, -0.2) is 9.83 Å². The van der Waals surface area contributed by atoms with E-state index in [1.807, 2.05) is 30.3 Å². The zero-order valence-corrected chi connectivity index (χ0v) is 14.6. The third-order valence-electron chi connectivity index (χ3n) is 4.70. The van der Waals surface area contributed by atoms with E-state index in [2.05, 4.69) is 14.8 Å². The summed E-state index contributed by atoms with van der Waals surface area (Å²) >= 11 is 0. The molecule has 0 aliphatic heterocycles. The predicted molar refractivity (Wildman–Crippen MR) is 101 cm³/mol. The zero-order chi connectivity index (χ0) is 17.8. The Labute approximate surface area is 152 Å². The highest BCUT2D eigenvalue weighted by atomic mass is 16.5. The quantitative estimate of drug-likeness (QED) is 0.628. The van der Waals surface area contributed by atoms with Gasteiger partial charge in [0.05, 0.1) is 23.7 Å². The molecule has 1 aromatic heterocycles. The van der Waals surface area contributed by atoms with Crippen LogP contribution in [0.1, 0.15) is 37.9 Å². The predicted octanol–water partition coefficient (Wildman–Crippen LogP) is 5.40. The van der Waals surface area contributed by atoms with Crippen molar-refractivity contribution in [2.75, 3.05) is 0 Å². The Bertz CT molecular complexity index is 919. The minimum atomic E-state index is 0.352. The number of aromatic nitrogens is 2. The lowest BCUT2D eigenvalue weighted by atomic mass is 9.98. The van der Waals surface area contributed by atoms with Gasteiger partial charge in [0.2, 0.25) is 0 Å². The first-order valence-corrected chi connectivity index (χ1v) is 9.06. The number of imidazole rings is 1. The molecule has 1 heterocycles. The van der Waals surface area contributed by atoms with Crippen LogP contribution in [0, 0.1) is 6.57 Å².